The van der Waals surface area contributed by atoms with Gasteiger partial charge in [-0.3, -0.25) is 24.4 Å². The minimum Gasteiger partial charge on any atom is -0.292 e. The third-order valence-corrected chi connectivity index (χ3v) is 6.97. The topological polar surface area (TPSA) is 53.5 Å². The first kappa shape index (κ1) is 20.1. The molecule has 4 unspecified atom stereocenters. The number of imide groups is 1. The molecule has 3 aliphatic rings. The molecule has 1 aromatic heterocycles. The van der Waals surface area contributed by atoms with Crippen LogP contribution in [0.15, 0.2) is 48.7 Å². The van der Waals surface area contributed by atoms with Gasteiger partial charge in [-0.1, -0.05) is 30.7 Å². The molecule has 160 valence electrons. The fraction of sp³-hybridized carbons (Fsp3) is 0.400. The zero-order valence-corrected chi connectivity index (χ0v) is 17.6. The molecule has 5 nitrogen and oxygen atoms in total. The number of carbonyl (C=O) groups is 2. The number of pyridine rings is 1. The Balaban J connectivity index is 1.40. The van der Waals surface area contributed by atoms with Crippen LogP contribution < -0.4 is 0 Å². The van der Waals surface area contributed by atoms with Crippen LogP contribution in [0.25, 0.3) is 17.2 Å². The molecule has 4 atom stereocenters. The Morgan fingerprint density at radius 2 is 1.94 bits per heavy atom. The predicted octanol–water partition coefficient (Wildman–Crippen LogP) is 3.76. The number of halogens is 1. The van der Waals surface area contributed by atoms with E-state index in [2.05, 4.69) is 16.0 Å². The molecule has 0 saturated carbocycles. The van der Waals surface area contributed by atoms with E-state index in [1.165, 1.54) is 17.0 Å². The second-order valence-electron chi connectivity index (χ2n) is 8.61. The van der Waals surface area contributed by atoms with Crippen molar-refractivity contribution in [2.24, 2.45) is 11.8 Å². The Labute approximate surface area is 181 Å². The van der Waals surface area contributed by atoms with Gasteiger partial charge >= 0.3 is 0 Å². The van der Waals surface area contributed by atoms with Crippen molar-refractivity contribution in [1.82, 2.24) is 14.8 Å². The molecular formula is C25H26FN3O2. The fourth-order valence-electron chi connectivity index (χ4n) is 5.56. The van der Waals surface area contributed by atoms with Crippen molar-refractivity contribution in [3.63, 3.8) is 0 Å². The highest BCUT2D eigenvalue weighted by atomic mass is 19.1. The monoisotopic (exact) mass is 419 g/mol. The molecule has 2 amide bonds. The lowest BCUT2D eigenvalue weighted by atomic mass is 9.87. The van der Waals surface area contributed by atoms with Gasteiger partial charge in [0.15, 0.2) is 0 Å². The van der Waals surface area contributed by atoms with Crippen LogP contribution in [-0.2, 0) is 9.59 Å². The molecule has 3 aliphatic heterocycles. The predicted molar refractivity (Wildman–Crippen MR) is 116 cm³/mol. The molecule has 5 rings (SSSR count). The van der Waals surface area contributed by atoms with Gasteiger partial charge in [0, 0.05) is 30.4 Å². The zero-order chi connectivity index (χ0) is 21.5. The zero-order valence-electron chi connectivity index (χ0n) is 17.6. The van der Waals surface area contributed by atoms with Crippen LogP contribution in [-0.4, -0.2) is 51.8 Å². The van der Waals surface area contributed by atoms with E-state index in [9.17, 15) is 14.0 Å². The summed E-state index contributed by atoms with van der Waals surface area (Å²) in [5.74, 6) is -0.812. The average Bonchev–Trinajstić information content (AvgIpc) is 3.25. The number of amides is 2. The number of likely N-dealkylation sites (tertiary alicyclic amines) is 1. The van der Waals surface area contributed by atoms with E-state index >= 15 is 0 Å². The fourth-order valence-corrected chi connectivity index (χ4v) is 5.56. The van der Waals surface area contributed by atoms with Gasteiger partial charge in [0.1, 0.15) is 5.82 Å². The molecule has 6 heteroatoms. The van der Waals surface area contributed by atoms with Crippen molar-refractivity contribution in [2.75, 3.05) is 13.1 Å². The second-order valence-corrected chi connectivity index (χ2v) is 8.61. The van der Waals surface area contributed by atoms with Gasteiger partial charge in [0.2, 0.25) is 11.8 Å². The Hall–Kier alpha value is -2.86. The van der Waals surface area contributed by atoms with Crippen LogP contribution in [0.2, 0.25) is 0 Å². The third-order valence-electron chi connectivity index (χ3n) is 6.97. The second kappa shape index (κ2) is 8.00. The molecule has 2 aromatic rings. The summed E-state index contributed by atoms with van der Waals surface area (Å²) in [6.07, 6.45) is 8.91. The number of nitrogens with zero attached hydrogens (tertiary/aromatic N) is 3. The van der Waals surface area contributed by atoms with Crippen molar-refractivity contribution in [3.05, 3.63) is 60.2 Å². The Bertz CT molecular complexity index is 1040. The van der Waals surface area contributed by atoms with E-state index in [-0.39, 0.29) is 41.6 Å². The van der Waals surface area contributed by atoms with E-state index in [0.717, 1.165) is 42.6 Å². The molecule has 3 fully saturated rings. The van der Waals surface area contributed by atoms with E-state index in [1.807, 2.05) is 31.2 Å². The molecular weight excluding hydrogens is 393 g/mol. The highest BCUT2D eigenvalue weighted by Gasteiger charge is 2.60. The van der Waals surface area contributed by atoms with Gasteiger partial charge in [-0.15, -0.1) is 0 Å². The van der Waals surface area contributed by atoms with Gasteiger partial charge in [0.05, 0.1) is 17.5 Å². The first-order valence-corrected chi connectivity index (χ1v) is 11.1. The Kier molecular flexibility index (Phi) is 5.18. The van der Waals surface area contributed by atoms with E-state index in [0.29, 0.717) is 6.54 Å². The highest BCUT2D eigenvalue weighted by Crippen LogP contribution is 2.46. The van der Waals surface area contributed by atoms with E-state index < -0.39 is 0 Å². The number of fused-ring (bicyclic) bond motifs is 3. The van der Waals surface area contributed by atoms with Crippen LogP contribution in [0.1, 0.15) is 31.9 Å². The molecule has 0 bridgehead atoms. The SMILES string of the molecule is CCN1C(=O)C2C(C1=O)C1CCCCN1C2C=Cc1ccc(-c2cccc(F)c2)cn1. The van der Waals surface area contributed by atoms with Gasteiger partial charge < -0.3 is 0 Å². The van der Waals surface area contributed by atoms with Crippen LogP contribution in [0.3, 0.4) is 0 Å². The lowest BCUT2D eigenvalue weighted by molar-refractivity contribution is -0.141. The first-order chi connectivity index (χ1) is 15.1. The molecule has 3 saturated heterocycles. The van der Waals surface area contributed by atoms with Crippen molar-refractivity contribution in [3.8, 4) is 11.1 Å². The van der Waals surface area contributed by atoms with Crippen molar-refractivity contribution < 1.29 is 14.0 Å². The lowest BCUT2D eigenvalue weighted by Crippen LogP contribution is -2.46. The Morgan fingerprint density at radius 1 is 1.10 bits per heavy atom. The number of piperidine rings is 1. The summed E-state index contributed by atoms with van der Waals surface area (Å²) in [6, 6.07) is 10.4. The van der Waals surface area contributed by atoms with Crippen LogP contribution in [0, 0.1) is 17.7 Å². The maximum atomic E-state index is 13.5. The van der Waals surface area contributed by atoms with Crippen molar-refractivity contribution in [2.45, 2.75) is 38.3 Å². The maximum Gasteiger partial charge on any atom is 0.235 e. The molecule has 0 N–H and O–H groups in total. The number of carbonyl (C=O) groups excluding carboxylic acids is 2. The first-order valence-electron chi connectivity index (χ1n) is 11.1. The summed E-state index contributed by atoms with van der Waals surface area (Å²) in [6.45, 7) is 3.23. The van der Waals surface area contributed by atoms with Crippen molar-refractivity contribution >= 4 is 17.9 Å². The normalized spacial score (nSPS) is 28.4. The lowest BCUT2D eigenvalue weighted by Gasteiger charge is -2.35. The minimum atomic E-state index is -0.293. The third kappa shape index (κ3) is 3.39. The summed E-state index contributed by atoms with van der Waals surface area (Å²) in [5.41, 5.74) is 2.41. The molecule has 0 spiro atoms. The van der Waals surface area contributed by atoms with Gasteiger partial charge in [0.25, 0.3) is 0 Å². The summed E-state index contributed by atoms with van der Waals surface area (Å²) < 4.78 is 13.5. The van der Waals surface area contributed by atoms with Crippen LogP contribution in [0.5, 0.6) is 0 Å². The molecule has 0 radical (unpaired) electrons. The molecule has 4 heterocycles. The van der Waals surface area contributed by atoms with Crippen LogP contribution >= 0.6 is 0 Å². The van der Waals surface area contributed by atoms with Crippen molar-refractivity contribution in [1.29, 1.82) is 0 Å². The van der Waals surface area contributed by atoms with Gasteiger partial charge in [-0.2, -0.15) is 0 Å². The summed E-state index contributed by atoms with van der Waals surface area (Å²) in [4.78, 5) is 34.2. The number of benzene rings is 1. The maximum absolute atomic E-state index is 13.5. The number of rotatable bonds is 4. The average molecular weight is 420 g/mol. The van der Waals surface area contributed by atoms with Gasteiger partial charge in [-0.05, 0) is 56.1 Å². The number of hydrogen-bond donors (Lipinski definition) is 0. The van der Waals surface area contributed by atoms with Gasteiger partial charge in [-0.25, -0.2) is 4.39 Å². The molecule has 0 aliphatic carbocycles. The summed E-state index contributed by atoms with van der Waals surface area (Å²) in [7, 11) is 0. The molecule has 31 heavy (non-hydrogen) atoms. The van der Waals surface area contributed by atoms with Crippen LogP contribution in [0.4, 0.5) is 4.39 Å². The standard InChI is InChI=1S/C25H26FN3O2/c1-2-28-24(30)22-20-8-3-4-13-29(20)21(23(22)25(28)31)12-11-19-10-9-17(15-27-19)16-6-5-7-18(26)14-16/h5-7,9-12,14-15,20-23H,2-4,8,13H2,1H3. The number of hydrogen-bond acceptors (Lipinski definition) is 4. The number of aromatic nitrogens is 1. The highest BCUT2D eigenvalue weighted by molar-refractivity contribution is 6.06. The summed E-state index contributed by atoms with van der Waals surface area (Å²) >= 11 is 0. The quantitative estimate of drug-likeness (QED) is 0.708. The largest absolute Gasteiger partial charge is 0.292 e. The van der Waals surface area contributed by atoms with E-state index in [1.54, 1.807) is 12.3 Å². The Morgan fingerprint density at radius 3 is 2.68 bits per heavy atom. The summed E-state index contributed by atoms with van der Waals surface area (Å²) in [5, 5.41) is 0. The van der Waals surface area contributed by atoms with E-state index in [4.69, 9.17) is 0 Å². The molecule has 1 aromatic carbocycles. The minimum absolute atomic E-state index is 0.00266. The smallest absolute Gasteiger partial charge is 0.235 e.